The molecule has 0 saturated carbocycles. The Kier molecular flexibility index (Phi) is 6.84. The molecule has 0 aromatic heterocycles. The van der Waals surface area contributed by atoms with Gasteiger partial charge in [0, 0.05) is 10.7 Å². The zero-order valence-corrected chi connectivity index (χ0v) is 16.9. The summed E-state index contributed by atoms with van der Waals surface area (Å²) in [4.78, 5) is 12.4. The first kappa shape index (κ1) is 20.4. The third kappa shape index (κ3) is 5.57. The van der Waals surface area contributed by atoms with Gasteiger partial charge in [0.2, 0.25) is 0 Å². The molecule has 1 N–H and O–H groups in total. The van der Waals surface area contributed by atoms with Crippen LogP contribution in [0.3, 0.4) is 0 Å². The van der Waals surface area contributed by atoms with Crippen LogP contribution in [0.15, 0.2) is 78.4 Å². The second-order valence-electron chi connectivity index (χ2n) is 6.68. The molecule has 3 aromatic carbocycles. The lowest BCUT2D eigenvalue weighted by molar-refractivity contribution is -0.112. The van der Waals surface area contributed by atoms with E-state index in [0.29, 0.717) is 5.69 Å². The van der Waals surface area contributed by atoms with E-state index >= 15 is 0 Å². The molecule has 0 atom stereocenters. The smallest absolute Gasteiger partial charge is 0.266 e. The fourth-order valence-corrected chi connectivity index (χ4v) is 3.13. The minimum Gasteiger partial charge on any atom is -0.321 e. The Bertz CT molecular complexity index is 1060. The predicted octanol–water partition coefficient (Wildman–Crippen LogP) is 6.04. The van der Waals surface area contributed by atoms with Gasteiger partial charge >= 0.3 is 0 Å². The highest BCUT2D eigenvalue weighted by atomic mass is 35.5. The van der Waals surface area contributed by atoms with Crippen molar-refractivity contribution in [1.29, 1.82) is 5.26 Å². The highest BCUT2D eigenvalue weighted by Gasteiger charge is 2.10. The van der Waals surface area contributed by atoms with Crippen molar-refractivity contribution in [2.75, 3.05) is 5.32 Å². The zero-order valence-electron chi connectivity index (χ0n) is 16.2. The molecule has 0 aliphatic rings. The number of hydrogen-bond acceptors (Lipinski definition) is 2. The quantitative estimate of drug-likeness (QED) is 0.405. The lowest BCUT2D eigenvalue weighted by atomic mass is 10.0. The Morgan fingerprint density at radius 3 is 2.28 bits per heavy atom. The number of carbonyl (C=O) groups excluding carboxylic acids is 1. The third-order valence-corrected chi connectivity index (χ3v) is 5.00. The van der Waals surface area contributed by atoms with Crippen LogP contribution in [0, 0.1) is 11.3 Å². The van der Waals surface area contributed by atoms with Gasteiger partial charge in [-0.15, -0.1) is 0 Å². The molecule has 1 amide bonds. The van der Waals surface area contributed by atoms with Crippen LogP contribution in [0.4, 0.5) is 5.69 Å². The van der Waals surface area contributed by atoms with E-state index < -0.39 is 5.91 Å². The van der Waals surface area contributed by atoms with E-state index in [1.54, 1.807) is 6.08 Å². The molecular weight excluding hydrogens is 380 g/mol. The maximum absolute atomic E-state index is 12.4. The minimum absolute atomic E-state index is 0.0587. The fraction of sp³-hybridized carbons (Fsp3) is 0.120. The normalized spacial score (nSPS) is 11.0. The molecule has 3 aromatic rings. The number of amides is 1. The van der Waals surface area contributed by atoms with Gasteiger partial charge in [-0.2, -0.15) is 5.26 Å². The van der Waals surface area contributed by atoms with Gasteiger partial charge in [0.25, 0.3) is 5.91 Å². The monoisotopic (exact) mass is 400 g/mol. The number of aryl methyl sites for hydroxylation is 1. The number of anilines is 1. The Balaban J connectivity index is 1.70. The van der Waals surface area contributed by atoms with Gasteiger partial charge < -0.3 is 5.32 Å². The van der Waals surface area contributed by atoms with E-state index in [9.17, 15) is 10.1 Å². The number of carbonyl (C=O) groups is 1. The Labute approximate surface area is 176 Å². The summed E-state index contributed by atoms with van der Waals surface area (Å²) in [5, 5.41) is 12.9. The summed E-state index contributed by atoms with van der Waals surface area (Å²) >= 11 is 6.22. The second kappa shape index (κ2) is 9.73. The van der Waals surface area contributed by atoms with Crippen LogP contribution in [-0.4, -0.2) is 5.91 Å². The van der Waals surface area contributed by atoms with Gasteiger partial charge in [-0.3, -0.25) is 4.79 Å². The summed E-state index contributed by atoms with van der Waals surface area (Å²) in [6, 6.07) is 25.1. The number of benzene rings is 3. The van der Waals surface area contributed by atoms with Crippen LogP contribution in [0.25, 0.3) is 6.08 Å². The van der Waals surface area contributed by atoms with Gasteiger partial charge in [0.1, 0.15) is 11.6 Å². The molecule has 0 aliphatic carbocycles. The second-order valence-corrected chi connectivity index (χ2v) is 7.09. The third-order valence-electron chi connectivity index (χ3n) is 4.63. The van der Waals surface area contributed by atoms with Gasteiger partial charge in [-0.05, 0) is 59.4 Å². The molecule has 0 unspecified atom stereocenters. The van der Waals surface area contributed by atoms with Crippen molar-refractivity contribution in [2.24, 2.45) is 0 Å². The first-order valence-corrected chi connectivity index (χ1v) is 9.81. The number of hydrogen-bond donors (Lipinski definition) is 1. The van der Waals surface area contributed by atoms with E-state index in [2.05, 4.69) is 12.2 Å². The summed E-state index contributed by atoms with van der Waals surface area (Å²) in [7, 11) is 0. The van der Waals surface area contributed by atoms with E-state index in [-0.39, 0.29) is 5.57 Å². The number of nitrogens with zero attached hydrogens (tertiary/aromatic N) is 1. The minimum atomic E-state index is -0.420. The standard InChI is InChI=1S/C25H21ClN2O/c1-2-18-11-13-23(14-12-18)28-25(29)22(17-27)16-20-9-7-19(8-10-20)15-21-5-3-4-6-24(21)26/h3-14,16H,2,15H2,1H3,(H,28,29)/b22-16+. The summed E-state index contributed by atoms with van der Waals surface area (Å²) < 4.78 is 0. The molecule has 29 heavy (non-hydrogen) atoms. The van der Waals surface area contributed by atoms with Crippen molar-refractivity contribution >= 4 is 29.3 Å². The Morgan fingerprint density at radius 2 is 1.66 bits per heavy atom. The van der Waals surface area contributed by atoms with Crippen molar-refractivity contribution in [3.8, 4) is 6.07 Å². The molecule has 0 aliphatic heterocycles. The maximum Gasteiger partial charge on any atom is 0.266 e. The maximum atomic E-state index is 12.4. The average Bonchev–Trinajstić information content (AvgIpc) is 2.75. The largest absolute Gasteiger partial charge is 0.321 e. The highest BCUT2D eigenvalue weighted by molar-refractivity contribution is 6.31. The molecule has 0 fully saturated rings. The van der Waals surface area contributed by atoms with Crippen LogP contribution in [-0.2, 0) is 17.6 Å². The van der Waals surface area contributed by atoms with E-state index in [0.717, 1.165) is 34.6 Å². The molecule has 144 valence electrons. The van der Waals surface area contributed by atoms with Crippen molar-refractivity contribution < 1.29 is 4.79 Å². The van der Waals surface area contributed by atoms with E-state index in [1.165, 1.54) is 5.56 Å². The molecule has 4 heteroatoms. The van der Waals surface area contributed by atoms with Crippen molar-refractivity contribution in [2.45, 2.75) is 19.8 Å². The van der Waals surface area contributed by atoms with Crippen molar-refractivity contribution in [3.63, 3.8) is 0 Å². The molecular formula is C25H21ClN2O. The molecule has 0 radical (unpaired) electrons. The molecule has 0 heterocycles. The molecule has 3 rings (SSSR count). The zero-order chi connectivity index (χ0) is 20.6. The van der Waals surface area contributed by atoms with Crippen LogP contribution in [0.5, 0.6) is 0 Å². The molecule has 3 nitrogen and oxygen atoms in total. The number of nitriles is 1. The van der Waals surface area contributed by atoms with Crippen molar-refractivity contribution in [1.82, 2.24) is 0 Å². The lowest BCUT2D eigenvalue weighted by Gasteiger charge is -2.06. The average molecular weight is 401 g/mol. The number of rotatable bonds is 6. The summed E-state index contributed by atoms with van der Waals surface area (Å²) in [5.41, 5.74) is 4.88. The van der Waals surface area contributed by atoms with Crippen LogP contribution in [0.1, 0.15) is 29.2 Å². The summed E-state index contributed by atoms with van der Waals surface area (Å²) in [6.07, 6.45) is 3.25. The van der Waals surface area contributed by atoms with E-state index in [4.69, 9.17) is 11.6 Å². The van der Waals surface area contributed by atoms with Gasteiger partial charge in [-0.1, -0.05) is 73.1 Å². The summed E-state index contributed by atoms with van der Waals surface area (Å²) in [5.74, 6) is -0.420. The lowest BCUT2D eigenvalue weighted by Crippen LogP contribution is -2.13. The number of halogens is 1. The van der Waals surface area contributed by atoms with Crippen LogP contribution >= 0.6 is 11.6 Å². The highest BCUT2D eigenvalue weighted by Crippen LogP contribution is 2.20. The molecule has 0 saturated heterocycles. The topological polar surface area (TPSA) is 52.9 Å². The van der Waals surface area contributed by atoms with Gasteiger partial charge in [-0.25, -0.2) is 0 Å². The van der Waals surface area contributed by atoms with Crippen LogP contribution < -0.4 is 5.32 Å². The molecule has 0 bridgehead atoms. The predicted molar refractivity (Wildman–Crippen MR) is 119 cm³/mol. The van der Waals surface area contributed by atoms with Gasteiger partial charge in [0.15, 0.2) is 0 Å². The van der Waals surface area contributed by atoms with E-state index in [1.807, 2.05) is 78.9 Å². The number of nitrogens with one attached hydrogen (secondary N) is 1. The van der Waals surface area contributed by atoms with Gasteiger partial charge in [0.05, 0.1) is 0 Å². The Hall–Kier alpha value is -3.35. The Morgan fingerprint density at radius 1 is 1.00 bits per heavy atom. The fourth-order valence-electron chi connectivity index (χ4n) is 2.93. The SMILES string of the molecule is CCc1ccc(NC(=O)/C(C#N)=C/c2ccc(Cc3ccccc3Cl)cc2)cc1. The first-order valence-electron chi connectivity index (χ1n) is 9.43. The van der Waals surface area contributed by atoms with Crippen LogP contribution in [0.2, 0.25) is 5.02 Å². The molecule has 0 spiro atoms. The first-order chi connectivity index (χ1) is 14.1. The summed E-state index contributed by atoms with van der Waals surface area (Å²) in [6.45, 7) is 2.07. The van der Waals surface area contributed by atoms with Crippen molar-refractivity contribution in [3.05, 3.63) is 106 Å².